The van der Waals surface area contributed by atoms with Crippen molar-refractivity contribution in [3.63, 3.8) is 0 Å². The first kappa shape index (κ1) is 13.9. The molecule has 2 saturated carbocycles. The van der Waals surface area contributed by atoms with E-state index in [1.807, 2.05) is 17.5 Å². The highest BCUT2D eigenvalue weighted by Crippen LogP contribution is 2.44. The molecule has 2 fully saturated rings. The fourth-order valence-electron chi connectivity index (χ4n) is 2.66. The summed E-state index contributed by atoms with van der Waals surface area (Å²) in [6.45, 7) is 1.97. The highest BCUT2D eigenvalue weighted by Gasteiger charge is 2.42. The monoisotopic (exact) mass is 294 g/mol. The van der Waals surface area contributed by atoms with Gasteiger partial charge >= 0.3 is 6.03 Å². The lowest BCUT2D eigenvalue weighted by molar-refractivity contribution is 0.0629. The van der Waals surface area contributed by atoms with E-state index in [2.05, 4.69) is 10.6 Å². The number of rotatable bonds is 6. The lowest BCUT2D eigenvalue weighted by Crippen LogP contribution is -2.48. The number of hydrogen-bond acceptors (Lipinski definition) is 3. The topological polar surface area (TPSA) is 61.4 Å². The minimum Gasteiger partial charge on any atom is -0.383 e. The molecule has 0 aromatic carbocycles. The Morgan fingerprint density at radius 1 is 1.45 bits per heavy atom. The molecule has 5 heteroatoms. The van der Waals surface area contributed by atoms with Gasteiger partial charge in [-0.3, -0.25) is 0 Å². The summed E-state index contributed by atoms with van der Waals surface area (Å²) in [5.74, 6) is 1.37. The third kappa shape index (κ3) is 3.33. The summed E-state index contributed by atoms with van der Waals surface area (Å²) in [5, 5.41) is 18.2. The molecule has 0 radical (unpaired) electrons. The van der Waals surface area contributed by atoms with Crippen LogP contribution in [0.4, 0.5) is 4.79 Å². The van der Waals surface area contributed by atoms with E-state index in [4.69, 9.17) is 0 Å². The first-order chi connectivity index (χ1) is 9.56. The molecular weight excluding hydrogens is 272 g/mol. The molecule has 1 aromatic rings. The van der Waals surface area contributed by atoms with Crippen molar-refractivity contribution in [1.82, 2.24) is 10.6 Å². The van der Waals surface area contributed by atoms with E-state index >= 15 is 0 Å². The number of aliphatic hydroxyl groups is 1. The number of nitrogens with one attached hydrogen (secondary N) is 2. The van der Waals surface area contributed by atoms with E-state index in [0.717, 1.165) is 4.88 Å². The summed E-state index contributed by atoms with van der Waals surface area (Å²) < 4.78 is 0. The summed E-state index contributed by atoms with van der Waals surface area (Å²) in [4.78, 5) is 12.9. The number of thiophene rings is 1. The second kappa shape index (κ2) is 5.37. The van der Waals surface area contributed by atoms with E-state index in [1.54, 1.807) is 6.92 Å². The largest absolute Gasteiger partial charge is 0.383 e. The SMILES string of the molecule is CC(O)(CNC(=O)NC(C1CC1)C1CC1)c1cccs1. The highest BCUT2D eigenvalue weighted by atomic mass is 32.1. The average Bonchev–Trinajstić information content (AvgIpc) is 3.34. The normalized spacial score (nSPS) is 21.6. The summed E-state index contributed by atoms with van der Waals surface area (Å²) >= 11 is 1.50. The molecule has 2 aliphatic carbocycles. The molecule has 3 rings (SSSR count). The summed E-state index contributed by atoms with van der Waals surface area (Å²) in [7, 11) is 0. The van der Waals surface area contributed by atoms with Crippen LogP contribution in [0.3, 0.4) is 0 Å². The van der Waals surface area contributed by atoms with Crippen LogP contribution in [0.1, 0.15) is 37.5 Å². The standard InChI is InChI=1S/C15H22N2O2S/c1-15(19,12-3-2-8-20-12)9-16-14(18)17-13(10-4-5-10)11-6-7-11/h2-3,8,10-11,13,19H,4-7,9H2,1H3,(H2,16,17,18). The third-order valence-corrected chi connectivity index (χ3v) is 5.33. The molecule has 1 unspecified atom stereocenters. The van der Waals surface area contributed by atoms with Crippen molar-refractivity contribution >= 4 is 17.4 Å². The van der Waals surface area contributed by atoms with Crippen LogP contribution in [0.15, 0.2) is 17.5 Å². The summed E-state index contributed by atoms with van der Waals surface area (Å²) in [6, 6.07) is 4.00. The van der Waals surface area contributed by atoms with E-state index in [0.29, 0.717) is 17.9 Å². The maximum absolute atomic E-state index is 12.0. The van der Waals surface area contributed by atoms with Crippen molar-refractivity contribution in [2.75, 3.05) is 6.54 Å². The molecule has 0 aliphatic heterocycles. The maximum atomic E-state index is 12.0. The number of hydrogen-bond donors (Lipinski definition) is 3. The van der Waals surface area contributed by atoms with Crippen LogP contribution in [0.2, 0.25) is 0 Å². The quantitative estimate of drug-likeness (QED) is 0.754. The van der Waals surface area contributed by atoms with Gasteiger partial charge in [0.05, 0.1) is 6.54 Å². The highest BCUT2D eigenvalue weighted by molar-refractivity contribution is 7.10. The fraction of sp³-hybridized carbons (Fsp3) is 0.667. The second-order valence-corrected chi connectivity index (χ2v) is 7.23. The fourth-order valence-corrected chi connectivity index (χ4v) is 3.45. The Balaban J connectivity index is 1.49. The van der Waals surface area contributed by atoms with Gasteiger partial charge in [-0.2, -0.15) is 0 Å². The maximum Gasteiger partial charge on any atom is 0.315 e. The second-order valence-electron chi connectivity index (χ2n) is 6.28. The van der Waals surface area contributed by atoms with Crippen LogP contribution in [-0.4, -0.2) is 23.7 Å². The molecule has 0 saturated heterocycles. The first-order valence-electron chi connectivity index (χ1n) is 7.37. The minimum absolute atomic E-state index is 0.148. The van der Waals surface area contributed by atoms with E-state index in [1.165, 1.54) is 37.0 Å². The van der Waals surface area contributed by atoms with Gasteiger partial charge in [0.15, 0.2) is 0 Å². The summed E-state index contributed by atoms with van der Waals surface area (Å²) in [5.41, 5.74) is -1.000. The Bertz CT molecular complexity index is 452. The summed E-state index contributed by atoms with van der Waals surface area (Å²) in [6.07, 6.45) is 4.98. The zero-order chi connectivity index (χ0) is 14.2. The van der Waals surface area contributed by atoms with E-state index in [9.17, 15) is 9.90 Å². The zero-order valence-corrected chi connectivity index (χ0v) is 12.6. The van der Waals surface area contributed by atoms with Crippen molar-refractivity contribution in [1.29, 1.82) is 0 Å². The minimum atomic E-state index is -1.000. The van der Waals surface area contributed by atoms with Gasteiger partial charge in [-0.15, -0.1) is 11.3 Å². The molecule has 110 valence electrons. The van der Waals surface area contributed by atoms with Crippen LogP contribution in [-0.2, 0) is 5.60 Å². The average molecular weight is 294 g/mol. The van der Waals surface area contributed by atoms with Crippen molar-refractivity contribution in [2.24, 2.45) is 11.8 Å². The van der Waals surface area contributed by atoms with Gasteiger partial charge < -0.3 is 15.7 Å². The molecule has 2 aliphatic rings. The Hall–Kier alpha value is -1.07. The number of carbonyl (C=O) groups is 1. The molecule has 2 amide bonds. The molecule has 1 aromatic heterocycles. The van der Waals surface area contributed by atoms with Gasteiger partial charge in [0, 0.05) is 10.9 Å². The third-order valence-electron chi connectivity index (χ3n) is 4.20. The van der Waals surface area contributed by atoms with Crippen molar-refractivity contribution in [3.05, 3.63) is 22.4 Å². The molecule has 3 N–H and O–H groups in total. The molecule has 20 heavy (non-hydrogen) atoms. The predicted octanol–water partition coefficient (Wildman–Crippen LogP) is 2.44. The molecule has 1 heterocycles. The van der Waals surface area contributed by atoms with Crippen LogP contribution in [0.25, 0.3) is 0 Å². The van der Waals surface area contributed by atoms with Gasteiger partial charge in [-0.05, 0) is 55.9 Å². The lowest BCUT2D eigenvalue weighted by Gasteiger charge is -2.24. The first-order valence-corrected chi connectivity index (χ1v) is 8.25. The Morgan fingerprint density at radius 2 is 2.10 bits per heavy atom. The Morgan fingerprint density at radius 3 is 2.60 bits per heavy atom. The number of amides is 2. The van der Waals surface area contributed by atoms with Crippen molar-refractivity contribution < 1.29 is 9.90 Å². The Kier molecular flexibility index (Phi) is 3.73. The van der Waals surface area contributed by atoms with E-state index in [-0.39, 0.29) is 12.6 Å². The van der Waals surface area contributed by atoms with Gasteiger partial charge in [0.25, 0.3) is 0 Å². The molecule has 4 nitrogen and oxygen atoms in total. The smallest absolute Gasteiger partial charge is 0.315 e. The number of carbonyl (C=O) groups excluding carboxylic acids is 1. The van der Waals surface area contributed by atoms with Gasteiger partial charge in [-0.25, -0.2) is 4.79 Å². The van der Waals surface area contributed by atoms with Gasteiger partial charge in [0.2, 0.25) is 0 Å². The van der Waals surface area contributed by atoms with Crippen LogP contribution in [0, 0.1) is 11.8 Å². The van der Waals surface area contributed by atoms with Crippen LogP contribution >= 0.6 is 11.3 Å². The number of urea groups is 1. The van der Waals surface area contributed by atoms with Crippen LogP contribution in [0.5, 0.6) is 0 Å². The van der Waals surface area contributed by atoms with Crippen LogP contribution < -0.4 is 10.6 Å². The zero-order valence-electron chi connectivity index (χ0n) is 11.8. The molecule has 0 bridgehead atoms. The molecule has 1 atom stereocenters. The Labute approximate surface area is 123 Å². The van der Waals surface area contributed by atoms with Crippen molar-refractivity contribution in [3.8, 4) is 0 Å². The predicted molar refractivity (Wildman–Crippen MR) is 79.7 cm³/mol. The van der Waals surface area contributed by atoms with Crippen molar-refractivity contribution in [2.45, 2.75) is 44.2 Å². The molecule has 0 spiro atoms. The lowest BCUT2D eigenvalue weighted by atomic mass is 10.1. The molecular formula is C15H22N2O2S. The van der Waals surface area contributed by atoms with Gasteiger partial charge in [-0.1, -0.05) is 6.07 Å². The van der Waals surface area contributed by atoms with E-state index < -0.39 is 5.60 Å². The van der Waals surface area contributed by atoms with Gasteiger partial charge in [0.1, 0.15) is 5.60 Å².